The Labute approximate surface area is 157 Å². The average Bonchev–Trinajstić information content (AvgIpc) is 2.48. The number of hydrogen-bond donors (Lipinski definition) is 2. The van der Waals surface area contributed by atoms with E-state index in [1.807, 2.05) is 20.8 Å². The Bertz CT molecular complexity index is 447. The maximum absolute atomic E-state index is 12.1. The van der Waals surface area contributed by atoms with Gasteiger partial charge in [-0.15, -0.1) is 24.0 Å². The summed E-state index contributed by atoms with van der Waals surface area (Å²) in [5.74, 6) is 0.768. The molecule has 138 valence electrons. The lowest BCUT2D eigenvalue weighted by atomic mass is 10.1. The molecule has 0 aliphatic carbocycles. The SMILES string of the molecule is CCNC(=NCCS(=O)(=O)N(CC)CC)N1CCC(O)CC1.I. The number of guanidine groups is 1. The summed E-state index contributed by atoms with van der Waals surface area (Å²) in [6.45, 7) is 9.13. The van der Waals surface area contributed by atoms with Crippen molar-refractivity contribution in [2.75, 3.05) is 45.0 Å². The van der Waals surface area contributed by atoms with Crippen molar-refractivity contribution in [3.8, 4) is 0 Å². The third-order valence-corrected chi connectivity index (χ3v) is 5.81. The second kappa shape index (κ2) is 11.4. The molecule has 0 radical (unpaired) electrons. The molecule has 0 aromatic rings. The molecule has 0 bridgehead atoms. The van der Waals surface area contributed by atoms with E-state index in [0.29, 0.717) is 13.1 Å². The van der Waals surface area contributed by atoms with E-state index in [9.17, 15) is 13.5 Å². The second-order valence-corrected chi connectivity index (χ2v) is 7.44. The van der Waals surface area contributed by atoms with Crippen LogP contribution in [0.15, 0.2) is 4.99 Å². The average molecular weight is 462 g/mol. The highest BCUT2D eigenvalue weighted by molar-refractivity contribution is 14.0. The molecule has 0 amide bonds. The molecule has 0 aromatic carbocycles. The Hall–Kier alpha value is -0.130. The van der Waals surface area contributed by atoms with Crippen molar-refractivity contribution in [1.82, 2.24) is 14.5 Å². The van der Waals surface area contributed by atoms with E-state index in [2.05, 4.69) is 15.2 Å². The van der Waals surface area contributed by atoms with Crippen LogP contribution >= 0.6 is 24.0 Å². The molecule has 0 saturated carbocycles. The Kier molecular flexibility index (Phi) is 11.4. The fourth-order valence-corrected chi connectivity index (χ4v) is 3.88. The predicted molar refractivity (Wildman–Crippen MR) is 105 cm³/mol. The van der Waals surface area contributed by atoms with E-state index in [0.717, 1.165) is 38.4 Å². The maximum Gasteiger partial charge on any atom is 0.215 e. The van der Waals surface area contributed by atoms with Gasteiger partial charge >= 0.3 is 0 Å². The molecular formula is C14H31IN4O3S. The molecule has 0 unspecified atom stereocenters. The molecule has 0 spiro atoms. The Morgan fingerprint density at radius 1 is 1.26 bits per heavy atom. The molecule has 1 fully saturated rings. The van der Waals surface area contributed by atoms with Crippen molar-refractivity contribution >= 4 is 40.0 Å². The number of hydrogen-bond acceptors (Lipinski definition) is 4. The van der Waals surface area contributed by atoms with Crippen LogP contribution in [0.1, 0.15) is 33.6 Å². The van der Waals surface area contributed by atoms with E-state index < -0.39 is 10.0 Å². The molecule has 0 aromatic heterocycles. The van der Waals surface area contributed by atoms with Gasteiger partial charge in [-0.3, -0.25) is 4.99 Å². The molecule has 0 atom stereocenters. The molecule has 2 N–H and O–H groups in total. The van der Waals surface area contributed by atoms with Gasteiger partial charge in [-0.2, -0.15) is 0 Å². The molecule has 7 nitrogen and oxygen atoms in total. The van der Waals surface area contributed by atoms with E-state index in [1.54, 1.807) is 0 Å². The van der Waals surface area contributed by atoms with E-state index in [-0.39, 0.29) is 42.4 Å². The Morgan fingerprint density at radius 3 is 2.30 bits per heavy atom. The minimum absolute atomic E-state index is 0. The Morgan fingerprint density at radius 2 is 1.83 bits per heavy atom. The van der Waals surface area contributed by atoms with Gasteiger partial charge in [-0.25, -0.2) is 12.7 Å². The molecule has 1 aliphatic rings. The monoisotopic (exact) mass is 462 g/mol. The number of aliphatic hydroxyl groups excluding tert-OH is 1. The fraction of sp³-hybridized carbons (Fsp3) is 0.929. The number of aliphatic imine (C=N–C) groups is 1. The minimum atomic E-state index is -3.23. The number of aliphatic hydroxyl groups is 1. The van der Waals surface area contributed by atoms with Crippen LogP contribution in [0.5, 0.6) is 0 Å². The number of piperidine rings is 1. The number of nitrogens with one attached hydrogen (secondary N) is 1. The first-order valence-corrected chi connectivity index (χ1v) is 9.74. The minimum Gasteiger partial charge on any atom is -0.393 e. The van der Waals surface area contributed by atoms with Crippen LogP contribution in [0.4, 0.5) is 0 Å². The van der Waals surface area contributed by atoms with E-state index >= 15 is 0 Å². The number of halogens is 1. The van der Waals surface area contributed by atoms with Crippen molar-refractivity contribution in [2.45, 2.75) is 39.7 Å². The zero-order chi connectivity index (χ0) is 16.6. The lowest BCUT2D eigenvalue weighted by Gasteiger charge is -2.32. The quantitative estimate of drug-likeness (QED) is 0.331. The van der Waals surface area contributed by atoms with Gasteiger partial charge in [0, 0.05) is 32.7 Å². The van der Waals surface area contributed by atoms with E-state index in [1.165, 1.54) is 4.31 Å². The first-order chi connectivity index (χ1) is 10.4. The number of nitrogens with zero attached hydrogens (tertiary/aromatic N) is 3. The summed E-state index contributed by atoms with van der Waals surface area (Å²) >= 11 is 0. The molecule has 9 heteroatoms. The van der Waals surface area contributed by atoms with Crippen molar-refractivity contribution in [3.05, 3.63) is 0 Å². The highest BCUT2D eigenvalue weighted by Crippen LogP contribution is 2.10. The van der Waals surface area contributed by atoms with Gasteiger partial charge in [0.15, 0.2) is 5.96 Å². The topological polar surface area (TPSA) is 85.2 Å². The predicted octanol–water partition coefficient (Wildman–Crippen LogP) is 0.698. The molecule has 23 heavy (non-hydrogen) atoms. The summed E-state index contributed by atoms with van der Waals surface area (Å²) in [5.41, 5.74) is 0. The van der Waals surface area contributed by atoms with Gasteiger partial charge in [0.2, 0.25) is 10.0 Å². The lowest BCUT2D eigenvalue weighted by Crippen LogP contribution is -2.46. The Balaban J connectivity index is 0.00000484. The van der Waals surface area contributed by atoms with E-state index in [4.69, 9.17) is 0 Å². The molecule has 1 saturated heterocycles. The summed E-state index contributed by atoms with van der Waals surface area (Å²) in [7, 11) is -3.23. The van der Waals surface area contributed by atoms with Crippen molar-refractivity contribution in [3.63, 3.8) is 0 Å². The summed E-state index contributed by atoms with van der Waals surface area (Å²) in [4.78, 5) is 6.53. The molecule has 1 heterocycles. The van der Waals surface area contributed by atoms with Gasteiger partial charge in [0.05, 0.1) is 18.4 Å². The van der Waals surface area contributed by atoms with Crippen molar-refractivity contribution in [2.24, 2.45) is 4.99 Å². The second-order valence-electron chi connectivity index (χ2n) is 5.35. The maximum atomic E-state index is 12.1. The standard InChI is InChI=1S/C14H30N4O3S.HI/c1-4-15-14(17-10-7-13(19)8-11-17)16-9-12-22(20,21)18(5-2)6-3;/h13,19H,4-12H2,1-3H3,(H,15,16);1H. The molecule has 1 aliphatic heterocycles. The van der Waals surface area contributed by atoms with Gasteiger partial charge in [0.25, 0.3) is 0 Å². The smallest absolute Gasteiger partial charge is 0.215 e. The first kappa shape index (κ1) is 22.9. The largest absolute Gasteiger partial charge is 0.393 e. The third-order valence-electron chi connectivity index (χ3n) is 3.81. The van der Waals surface area contributed by atoms with Crippen molar-refractivity contribution in [1.29, 1.82) is 0 Å². The summed E-state index contributed by atoms with van der Waals surface area (Å²) < 4.78 is 25.7. The highest BCUT2D eigenvalue weighted by atomic mass is 127. The van der Waals surface area contributed by atoms with Gasteiger partial charge < -0.3 is 15.3 Å². The van der Waals surface area contributed by atoms with Crippen LogP contribution in [0.2, 0.25) is 0 Å². The number of likely N-dealkylation sites (tertiary alicyclic amines) is 1. The molecular weight excluding hydrogens is 431 g/mol. The summed E-state index contributed by atoms with van der Waals surface area (Å²) in [5, 5.41) is 12.8. The number of rotatable bonds is 7. The zero-order valence-electron chi connectivity index (χ0n) is 14.4. The normalized spacial score (nSPS) is 17.3. The number of sulfonamides is 1. The van der Waals surface area contributed by atoms with Crippen molar-refractivity contribution < 1.29 is 13.5 Å². The zero-order valence-corrected chi connectivity index (χ0v) is 17.5. The summed E-state index contributed by atoms with van der Waals surface area (Å²) in [6, 6.07) is 0. The fourth-order valence-electron chi connectivity index (χ4n) is 2.52. The van der Waals surface area contributed by atoms with Crippen LogP contribution in [0.3, 0.4) is 0 Å². The van der Waals surface area contributed by atoms with Crippen LogP contribution in [0, 0.1) is 0 Å². The van der Waals surface area contributed by atoms with Gasteiger partial charge in [-0.1, -0.05) is 13.8 Å². The van der Waals surface area contributed by atoms with Gasteiger partial charge in [-0.05, 0) is 19.8 Å². The highest BCUT2D eigenvalue weighted by Gasteiger charge is 2.21. The lowest BCUT2D eigenvalue weighted by molar-refractivity contribution is 0.108. The van der Waals surface area contributed by atoms with Gasteiger partial charge in [0.1, 0.15) is 0 Å². The van der Waals surface area contributed by atoms with Crippen LogP contribution in [-0.2, 0) is 10.0 Å². The van der Waals surface area contributed by atoms with Crippen LogP contribution in [0.25, 0.3) is 0 Å². The van der Waals surface area contributed by atoms with Crippen LogP contribution < -0.4 is 5.32 Å². The summed E-state index contributed by atoms with van der Waals surface area (Å²) in [6.07, 6.45) is 1.21. The third kappa shape index (κ3) is 7.53. The van der Waals surface area contributed by atoms with Crippen LogP contribution in [-0.4, -0.2) is 79.8 Å². The molecule has 1 rings (SSSR count). The first-order valence-electron chi connectivity index (χ1n) is 8.13.